The second kappa shape index (κ2) is 7.95. The molecule has 0 saturated heterocycles. The Balaban J connectivity index is 1.97. The second-order valence-electron chi connectivity index (χ2n) is 6.59. The molecule has 1 aliphatic heterocycles. The number of rotatable bonds is 0. The average molecular weight is 471 g/mol. The average Bonchev–Trinajstić information content (AvgIpc) is 2.72. The Kier molecular flexibility index (Phi) is 5.46. The summed E-state index contributed by atoms with van der Waals surface area (Å²) < 4.78 is 71.7. The molecule has 4 rings (SSSR count). The van der Waals surface area contributed by atoms with Gasteiger partial charge in [-0.15, -0.1) is 0 Å². The van der Waals surface area contributed by atoms with Gasteiger partial charge >= 0.3 is 0 Å². The summed E-state index contributed by atoms with van der Waals surface area (Å²) in [5.41, 5.74) is -0.997. The van der Waals surface area contributed by atoms with Crippen molar-refractivity contribution < 1.29 is 32.0 Å². The van der Waals surface area contributed by atoms with Crippen molar-refractivity contribution in [3.05, 3.63) is 75.8 Å². The van der Waals surface area contributed by atoms with Crippen molar-refractivity contribution in [1.29, 1.82) is 0 Å². The predicted molar refractivity (Wildman–Crippen MR) is 106 cm³/mol. The molecule has 3 aromatic rings. The Bertz CT molecular complexity index is 1240. The highest BCUT2D eigenvalue weighted by molar-refractivity contribution is 7.92. The summed E-state index contributed by atoms with van der Waals surface area (Å²) >= 11 is 3.60. The fourth-order valence-corrected chi connectivity index (χ4v) is 4.36. The van der Waals surface area contributed by atoms with Crippen molar-refractivity contribution in [3.8, 4) is 16.9 Å². The van der Waals surface area contributed by atoms with Gasteiger partial charge in [0.25, 0.3) is 5.91 Å². The van der Waals surface area contributed by atoms with Crippen LogP contribution in [0.2, 0.25) is 5.02 Å². The van der Waals surface area contributed by atoms with Crippen molar-refractivity contribution in [3.63, 3.8) is 0 Å². The van der Waals surface area contributed by atoms with Gasteiger partial charge in [-0.1, -0.05) is 11.6 Å². The van der Waals surface area contributed by atoms with Crippen molar-refractivity contribution >= 4 is 34.6 Å². The van der Waals surface area contributed by atoms with Crippen LogP contribution >= 0.6 is 11.6 Å². The molecule has 1 amide bonds. The molecule has 0 fully saturated rings. The van der Waals surface area contributed by atoms with Crippen LogP contribution in [0.5, 0.6) is 5.75 Å². The number of phenols is 1. The molecule has 0 aromatic heterocycles. The fraction of sp³-hybridized carbons (Fsp3) is 0.0500. The molecule has 0 aliphatic carbocycles. The third kappa shape index (κ3) is 3.89. The number of amides is 1. The van der Waals surface area contributed by atoms with Crippen LogP contribution in [0.1, 0.15) is 15.9 Å². The topological polar surface area (TPSA) is 84.4 Å². The van der Waals surface area contributed by atoms with Gasteiger partial charge in [-0.25, -0.2) is 22.3 Å². The molecule has 0 radical (unpaired) electrons. The standard InChI is InChI=1S/C20H11ClF4N2O3S/c21-12-1-8-3-18(19(12)28)31(30)27-17-5-11(13(22)6-16(17)25)10-4-15(24)14(23)2-9(10)7-26-20(8)29/h1-6,27-28H,7H2,(H,26,29). The van der Waals surface area contributed by atoms with Gasteiger partial charge in [-0.05, 0) is 35.4 Å². The summed E-state index contributed by atoms with van der Waals surface area (Å²) in [6.45, 7) is -0.345. The van der Waals surface area contributed by atoms with E-state index in [0.29, 0.717) is 6.07 Å². The number of fused-ring (bicyclic) bond motifs is 6. The van der Waals surface area contributed by atoms with Gasteiger partial charge in [-0.2, -0.15) is 0 Å². The SMILES string of the molecule is O=C1NCc2cc(F)c(F)cc2-c2cc(c(F)cc2F)N[S+]([O-])c2cc1cc(Cl)c2O. The molecule has 4 bridgehead atoms. The van der Waals surface area contributed by atoms with E-state index in [9.17, 15) is 32.0 Å². The maximum absolute atomic E-state index is 14.6. The van der Waals surface area contributed by atoms with Gasteiger partial charge in [0.2, 0.25) is 4.90 Å². The molecule has 1 unspecified atom stereocenters. The highest BCUT2D eigenvalue weighted by atomic mass is 35.5. The highest BCUT2D eigenvalue weighted by Gasteiger charge is 2.26. The van der Waals surface area contributed by atoms with E-state index in [-0.39, 0.29) is 38.7 Å². The lowest BCUT2D eigenvalue weighted by Gasteiger charge is -2.16. The number of halogens is 5. The lowest BCUT2D eigenvalue weighted by atomic mass is 9.97. The number of aromatic hydroxyl groups is 1. The van der Waals surface area contributed by atoms with Gasteiger partial charge in [-0.3, -0.25) is 4.79 Å². The second-order valence-corrected chi connectivity index (χ2v) is 8.18. The van der Waals surface area contributed by atoms with Crippen LogP contribution in [0, 0.1) is 23.3 Å². The largest absolute Gasteiger partial charge is 0.588 e. The van der Waals surface area contributed by atoms with Crippen LogP contribution in [0.4, 0.5) is 23.2 Å². The number of carbonyl (C=O) groups excluding carboxylic acids is 1. The highest BCUT2D eigenvalue weighted by Crippen LogP contribution is 2.36. The van der Waals surface area contributed by atoms with Crippen molar-refractivity contribution in [2.24, 2.45) is 0 Å². The predicted octanol–water partition coefficient (Wildman–Crippen LogP) is 4.65. The summed E-state index contributed by atoms with van der Waals surface area (Å²) in [5, 5.41) is 12.3. The first-order valence-corrected chi connectivity index (χ1v) is 10.1. The van der Waals surface area contributed by atoms with Gasteiger partial charge in [0.05, 0.1) is 5.02 Å². The van der Waals surface area contributed by atoms with Gasteiger partial charge < -0.3 is 15.0 Å². The van der Waals surface area contributed by atoms with E-state index in [1.807, 2.05) is 0 Å². The Hall–Kier alpha value is -2.95. The zero-order chi connectivity index (χ0) is 22.4. The molecule has 0 saturated carbocycles. The molecule has 1 aliphatic rings. The van der Waals surface area contributed by atoms with Gasteiger partial charge in [0.15, 0.2) is 23.2 Å². The summed E-state index contributed by atoms with van der Waals surface area (Å²) in [5.74, 6) is -6.06. The summed E-state index contributed by atoms with van der Waals surface area (Å²) in [6, 6.07) is 5.11. The van der Waals surface area contributed by atoms with Crippen LogP contribution in [0.25, 0.3) is 11.1 Å². The number of hydrogen-bond donors (Lipinski definition) is 3. The molecule has 5 nitrogen and oxygen atoms in total. The lowest BCUT2D eigenvalue weighted by molar-refractivity contribution is 0.0950. The molecule has 11 heteroatoms. The van der Waals surface area contributed by atoms with E-state index in [0.717, 1.165) is 30.3 Å². The smallest absolute Gasteiger partial charge is 0.251 e. The van der Waals surface area contributed by atoms with Gasteiger partial charge in [0.1, 0.15) is 22.9 Å². The quantitative estimate of drug-likeness (QED) is 0.330. The summed E-state index contributed by atoms with van der Waals surface area (Å²) in [6.07, 6.45) is 0. The van der Waals surface area contributed by atoms with Crippen molar-refractivity contribution in [2.75, 3.05) is 4.72 Å². The summed E-state index contributed by atoms with van der Waals surface area (Å²) in [4.78, 5) is 12.2. The molecular weight excluding hydrogens is 460 g/mol. The maximum atomic E-state index is 14.6. The zero-order valence-corrected chi connectivity index (χ0v) is 16.8. The molecule has 1 heterocycles. The Morgan fingerprint density at radius 3 is 2.39 bits per heavy atom. The van der Waals surface area contributed by atoms with E-state index in [1.165, 1.54) is 0 Å². The maximum Gasteiger partial charge on any atom is 0.251 e. The van der Waals surface area contributed by atoms with E-state index >= 15 is 0 Å². The fourth-order valence-electron chi connectivity index (χ4n) is 3.10. The lowest BCUT2D eigenvalue weighted by Crippen LogP contribution is -2.24. The van der Waals surface area contributed by atoms with E-state index < -0.39 is 52.0 Å². The Morgan fingerprint density at radius 2 is 1.65 bits per heavy atom. The molecule has 31 heavy (non-hydrogen) atoms. The van der Waals surface area contributed by atoms with Crippen molar-refractivity contribution in [2.45, 2.75) is 11.4 Å². The minimum absolute atomic E-state index is 0.00850. The van der Waals surface area contributed by atoms with Crippen LogP contribution in [-0.4, -0.2) is 15.6 Å². The number of carbonyl (C=O) groups is 1. The van der Waals surface area contributed by atoms with Crippen LogP contribution in [-0.2, 0) is 17.9 Å². The molecule has 0 spiro atoms. The number of anilines is 1. The van der Waals surface area contributed by atoms with Gasteiger partial charge in [0, 0.05) is 29.8 Å². The number of phenolic OH excluding ortho intramolecular Hbond substituents is 1. The van der Waals surface area contributed by atoms with E-state index in [1.54, 1.807) is 0 Å². The minimum atomic E-state index is -2.32. The molecule has 1 atom stereocenters. The first-order valence-electron chi connectivity index (χ1n) is 8.62. The number of benzene rings is 3. The minimum Gasteiger partial charge on any atom is -0.588 e. The third-order valence-electron chi connectivity index (χ3n) is 4.63. The van der Waals surface area contributed by atoms with Crippen molar-refractivity contribution in [1.82, 2.24) is 5.32 Å². The molecular formula is C20H11ClF4N2O3S. The zero-order valence-electron chi connectivity index (χ0n) is 15.2. The molecule has 160 valence electrons. The van der Waals surface area contributed by atoms with E-state index in [2.05, 4.69) is 10.0 Å². The van der Waals surface area contributed by atoms with Crippen LogP contribution in [0.3, 0.4) is 0 Å². The number of nitrogens with one attached hydrogen (secondary N) is 2. The van der Waals surface area contributed by atoms with E-state index in [4.69, 9.17) is 11.6 Å². The third-order valence-corrected chi connectivity index (χ3v) is 6.03. The monoisotopic (exact) mass is 470 g/mol. The summed E-state index contributed by atoms with van der Waals surface area (Å²) in [7, 11) is 0. The number of hydrogen-bond acceptors (Lipinski definition) is 4. The molecule has 3 aromatic carbocycles. The normalized spacial score (nSPS) is 15.7. The first-order chi connectivity index (χ1) is 14.7. The van der Waals surface area contributed by atoms with Crippen LogP contribution < -0.4 is 10.0 Å². The Labute approximate surface area is 181 Å². The Morgan fingerprint density at radius 1 is 0.935 bits per heavy atom. The first kappa shape index (κ1) is 21.3. The molecule has 3 N–H and O–H groups in total. The van der Waals surface area contributed by atoms with Crippen LogP contribution in [0.15, 0.2) is 41.3 Å².